The minimum Gasteiger partial charge on any atom is -0.465 e. The molecule has 1 saturated heterocycles. The highest BCUT2D eigenvalue weighted by molar-refractivity contribution is 5.91. The van der Waals surface area contributed by atoms with E-state index in [0.29, 0.717) is 18.3 Å². The van der Waals surface area contributed by atoms with Crippen LogP contribution in [0, 0.1) is 0 Å². The van der Waals surface area contributed by atoms with Crippen LogP contribution in [0.25, 0.3) is 17.2 Å². The van der Waals surface area contributed by atoms with Crippen molar-refractivity contribution in [1.29, 1.82) is 0 Å². The molecule has 1 aliphatic heterocycles. The first kappa shape index (κ1) is 15.5. The van der Waals surface area contributed by atoms with Gasteiger partial charge in [-0.05, 0) is 43.2 Å². The minimum atomic E-state index is -0.138. The van der Waals surface area contributed by atoms with Gasteiger partial charge >= 0.3 is 0 Å². The van der Waals surface area contributed by atoms with Crippen molar-refractivity contribution in [3.63, 3.8) is 0 Å². The quantitative estimate of drug-likeness (QED) is 0.724. The molecule has 6 nitrogen and oxygen atoms in total. The molecule has 2 aromatic heterocycles. The Kier molecular flexibility index (Phi) is 4.24. The molecule has 1 atom stereocenters. The maximum Gasteiger partial charge on any atom is 0.298 e. The Morgan fingerprint density at radius 1 is 1.32 bits per heavy atom. The number of hydrogen-bond donors (Lipinski definition) is 1. The second kappa shape index (κ2) is 6.84. The number of carbonyl (C=O) groups is 1. The monoisotopic (exact) mass is 337 g/mol. The zero-order valence-electron chi connectivity index (χ0n) is 13.7. The first-order chi connectivity index (χ1) is 12.3. The molecule has 1 aromatic carbocycles. The smallest absolute Gasteiger partial charge is 0.298 e. The number of benzene rings is 1. The first-order valence-electron chi connectivity index (χ1n) is 8.41. The molecule has 1 aliphatic rings. The van der Waals surface area contributed by atoms with Crippen LogP contribution >= 0.6 is 0 Å². The maximum atomic E-state index is 12.0. The number of nitrogens with zero attached hydrogens (tertiary/aromatic N) is 2. The number of hydrogen-bond acceptors (Lipinski definition) is 5. The molecule has 0 spiro atoms. The molecular weight excluding hydrogens is 318 g/mol. The molecule has 6 heteroatoms. The number of amides is 1. The first-order valence-corrected chi connectivity index (χ1v) is 8.41. The van der Waals surface area contributed by atoms with Gasteiger partial charge in [-0.3, -0.25) is 4.79 Å². The summed E-state index contributed by atoms with van der Waals surface area (Å²) < 4.78 is 11.0. The number of fused-ring (bicyclic) bond motifs is 1. The lowest BCUT2D eigenvalue weighted by Gasteiger charge is -2.22. The van der Waals surface area contributed by atoms with Crippen molar-refractivity contribution in [1.82, 2.24) is 10.3 Å². The second-order valence-electron chi connectivity index (χ2n) is 6.05. The predicted octanol–water partition coefficient (Wildman–Crippen LogP) is 3.22. The Bertz CT molecular complexity index is 849. The van der Waals surface area contributed by atoms with Crippen LogP contribution in [-0.2, 0) is 4.79 Å². The molecule has 0 bridgehead atoms. The van der Waals surface area contributed by atoms with Gasteiger partial charge in [0.1, 0.15) is 11.3 Å². The summed E-state index contributed by atoms with van der Waals surface area (Å²) in [4.78, 5) is 18.7. The molecule has 3 aromatic rings. The lowest BCUT2D eigenvalue weighted by atomic mass is 10.2. The molecule has 25 heavy (non-hydrogen) atoms. The van der Waals surface area contributed by atoms with Gasteiger partial charge in [-0.1, -0.05) is 12.1 Å². The van der Waals surface area contributed by atoms with Gasteiger partial charge in [0, 0.05) is 19.2 Å². The summed E-state index contributed by atoms with van der Waals surface area (Å²) in [6.45, 7) is 1.44. The molecule has 1 fully saturated rings. The van der Waals surface area contributed by atoms with E-state index in [9.17, 15) is 4.79 Å². The lowest BCUT2D eigenvalue weighted by Crippen LogP contribution is -2.39. The number of aromatic nitrogens is 1. The zero-order valence-corrected chi connectivity index (χ0v) is 13.7. The fraction of sp³-hybridized carbons (Fsp3) is 0.263. The van der Waals surface area contributed by atoms with Crippen LogP contribution in [0.5, 0.6) is 0 Å². The van der Waals surface area contributed by atoms with Crippen LogP contribution in [0.1, 0.15) is 18.6 Å². The summed E-state index contributed by atoms with van der Waals surface area (Å²) in [5, 5.41) is 2.94. The van der Waals surface area contributed by atoms with E-state index >= 15 is 0 Å². The number of nitrogens with one attached hydrogen (secondary N) is 1. The predicted molar refractivity (Wildman–Crippen MR) is 95.1 cm³/mol. The Hall–Kier alpha value is -3.02. The normalized spacial score (nSPS) is 17.6. The van der Waals surface area contributed by atoms with Crippen LogP contribution in [0.2, 0.25) is 0 Å². The average Bonchev–Trinajstić information content (AvgIpc) is 3.37. The highest BCUT2D eigenvalue weighted by Crippen LogP contribution is 2.27. The van der Waals surface area contributed by atoms with Gasteiger partial charge in [0.05, 0.1) is 12.3 Å². The fourth-order valence-electron chi connectivity index (χ4n) is 3.10. The molecule has 4 rings (SSSR count). The number of furan rings is 1. The van der Waals surface area contributed by atoms with Gasteiger partial charge in [-0.25, -0.2) is 0 Å². The molecule has 0 aliphatic carbocycles. The van der Waals surface area contributed by atoms with Gasteiger partial charge in [0.15, 0.2) is 5.58 Å². The van der Waals surface area contributed by atoms with Gasteiger partial charge in [0.25, 0.3) is 6.01 Å². The lowest BCUT2D eigenvalue weighted by molar-refractivity contribution is -0.116. The van der Waals surface area contributed by atoms with Crippen molar-refractivity contribution in [2.75, 3.05) is 18.0 Å². The SMILES string of the molecule is O=C(/C=C/c1ccco1)NCC1CCCN1c1nc2ccccc2o1. The van der Waals surface area contributed by atoms with Crippen LogP contribution < -0.4 is 10.2 Å². The highest BCUT2D eigenvalue weighted by Gasteiger charge is 2.28. The third kappa shape index (κ3) is 3.42. The molecule has 0 radical (unpaired) electrons. The average molecular weight is 337 g/mol. The molecule has 128 valence electrons. The van der Waals surface area contributed by atoms with Crippen molar-refractivity contribution in [2.45, 2.75) is 18.9 Å². The fourth-order valence-corrected chi connectivity index (χ4v) is 3.10. The van der Waals surface area contributed by atoms with Crippen LogP contribution in [0.15, 0.2) is 57.6 Å². The van der Waals surface area contributed by atoms with Gasteiger partial charge in [-0.2, -0.15) is 4.98 Å². The summed E-state index contributed by atoms with van der Waals surface area (Å²) in [5.74, 6) is 0.518. The third-order valence-corrected chi connectivity index (χ3v) is 4.36. The van der Waals surface area contributed by atoms with Crippen molar-refractivity contribution in [2.24, 2.45) is 0 Å². The zero-order chi connectivity index (χ0) is 17.1. The second-order valence-corrected chi connectivity index (χ2v) is 6.05. The summed E-state index contributed by atoms with van der Waals surface area (Å²) in [5.41, 5.74) is 1.64. The number of anilines is 1. The van der Waals surface area contributed by atoms with Crippen molar-refractivity contribution < 1.29 is 13.6 Å². The van der Waals surface area contributed by atoms with E-state index in [-0.39, 0.29) is 11.9 Å². The Morgan fingerprint density at radius 2 is 2.24 bits per heavy atom. The van der Waals surface area contributed by atoms with Gasteiger partial charge < -0.3 is 19.1 Å². The van der Waals surface area contributed by atoms with E-state index in [2.05, 4.69) is 15.2 Å². The molecule has 1 amide bonds. The van der Waals surface area contributed by atoms with E-state index in [0.717, 1.165) is 30.5 Å². The van der Waals surface area contributed by atoms with Gasteiger partial charge in [0.2, 0.25) is 5.91 Å². The highest BCUT2D eigenvalue weighted by atomic mass is 16.4. The summed E-state index contributed by atoms with van der Waals surface area (Å²) in [6, 6.07) is 12.1. The Labute approximate surface area is 145 Å². The molecule has 1 N–H and O–H groups in total. The molecular formula is C19H19N3O3. The maximum absolute atomic E-state index is 12.0. The van der Waals surface area contributed by atoms with Crippen molar-refractivity contribution in [3.05, 3.63) is 54.5 Å². The summed E-state index contributed by atoms with van der Waals surface area (Å²) in [7, 11) is 0. The van der Waals surface area contributed by atoms with Gasteiger partial charge in [-0.15, -0.1) is 0 Å². The summed E-state index contributed by atoms with van der Waals surface area (Å²) >= 11 is 0. The van der Waals surface area contributed by atoms with Crippen LogP contribution in [-0.4, -0.2) is 30.0 Å². The molecule has 1 unspecified atom stereocenters. The van der Waals surface area contributed by atoms with E-state index in [1.807, 2.05) is 24.3 Å². The minimum absolute atomic E-state index is 0.138. The number of carbonyl (C=O) groups excluding carboxylic acids is 1. The van der Waals surface area contributed by atoms with Crippen molar-refractivity contribution >= 4 is 29.1 Å². The summed E-state index contributed by atoms with van der Waals surface area (Å²) in [6.07, 6.45) is 6.77. The van der Waals surface area contributed by atoms with Crippen LogP contribution in [0.3, 0.4) is 0 Å². The van der Waals surface area contributed by atoms with Crippen molar-refractivity contribution in [3.8, 4) is 0 Å². The molecule has 3 heterocycles. The Balaban J connectivity index is 1.39. The number of rotatable bonds is 5. The third-order valence-electron chi connectivity index (χ3n) is 4.36. The van der Waals surface area contributed by atoms with E-state index < -0.39 is 0 Å². The van der Waals surface area contributed by atoms with E-state index in [1.54, 1.807) is 24.5 Å². The molecule has 0 saturated carbocycles. The largest absolute Gasteiger partial charge is 0.465 e. The Morgan fingerprint density at radius 3 is 3.08 bits per heavy atom. The van der Waals surface area contributed by atoms with E-state index in [4.69, 9.17) is 8.83 Å². The van der Waals surface area contributed by atoms with E-state index in [1.165, 1.54) is 6.08 Å². The topological polar surface area (TPSA) is 71.5 Å². The number of oxazole rings is 1. The van der Waals surface area contributed by atoms with Crippen LogP contribution in [0.4, 0.5) is 6.01 Å². The number of para-hydroxylation sites is 2. The standard InChI is InChI=1S/C19H19N3O3/c23-18(10-9-15-6-4-12-24-15)20-13-14-5-3-11-22(14)19-21-16-7-1-2-8-17(16)25-19/h1-2,4,6-10,12,14H,3,5,11,13H2,(H,20,23)/b10-9+.